The van der Waals surface area contributed by atoms with Crippen molar-refractivity contribution in [3.63, 3.8) is 0 Å². The zero-order chi connectivity index (χ0) is 31.0. The van der Waals surface area contributed by atoms with E-state index in [2.05, 4.69) is 19.4 Å². The fourth-order valence-electron chi connectivity index (χ4n) is 1.02. The standard InChI is InChI=1S/4C6H11NO.BF4.Cu/c4*1-6(2,8-4)5-7-3;2-1(3,4)5;/h4*5H2,1-2,4H3;;/q;;;;-1;+1. The van der Waals surface area contributed by atoms with Gasteiger partial charge in [0, 0.05) is 28.4 Å². The molecule has 0 aromatic rings. The fraction of sp³-hybridized carbons (Fsp3) is 0.833. The molecule has 38 heavy (non-hydrogen) atoms. The molecule has 0 rings (SSSR count). The second-order valence-corrected chi connectivity index (χ2v) is 9.62. The average molecular weight is 603 g/mol. The first-order valence-electron chi connectivity index (χ1n) is 10.9. The largest absolute Gasteiger partial charge is 1.00 e. The van der Waals surface area contributed by atoms with E-state index in [9.17, 15) is 17.3 Å². The van der Waals surface area contributed by atoms with Crippen LogP contribution in [0.1, 0.15) is 55.4 Å². The summed E-state index contributed by atoms with van der Waals surface area (Å²) in [6.07, 6.45) is 0. The number of hydrogen-bond acceptors (Lipinski definition) is 4. The summed E-state index contributed by atoms with van der Waals surface area (Å²) in [5.74, 6) is 0. The van der Waals surface area contributed by atoms with Crippen LogP contribution < -0.4 is 0 Å². The second kappa shape index (κ2) is 25.4. The number of hydrogen-bond donors (Lipinski definition) is 0. The molecule has 0 fully saturated rings. The molecule has 0 aliphatic carbocycles. The molecule has 8 nitrogen and oxygen atoms in total. The van der Waals surface area contributed by atoms with Gasteiger partial charge in [0.15, 0.2) is 0 Å². The first-order chi connectivity index (χ1) is 16.5. The van der Waals surface area contributed by atoms with Gasteiger partial charge < -0.3 is 55.6 Å². The van der Waals surface area contributed by atoms with Crippen molar-refractivity contribution in [2.45, 2.75) is 77.8 Å². The third kappa shape index (κ3) is 54.8. The zero-order valence-electron chi connectivity index (χ0n) is 24.6. The Kier molecular flexibility index (Phi) is 32.8. The third-order valence-corrected chi connectivity index (χ3v) is 4.05. The molecule has 0 amide bonds. The Bertz CT molecular complexity index is 622. The SMILES string of the molecule is F[B-](F)(F)F.[C-]#[N+]CC(C)(C)OC.[C-]#[N+]CC(C)(C)OC.[C-]#[N+]CC(C)(C)OC.[C-]#[N+]CC(C)(C)OC.[Cu+]. The number of rotatable bonds is 8. The Labute approximate surface area is 238 Å². The van der Waals surface area contributed by atoms with Gasteiger partial charge in [0.2, 0.25) is 26.2 Å². The molecule has 0 aromatic carbocycles. The molecule has 0 N–H and O–H groups in total. The second-order valence-electron chi connectivity index (χ2n) is 9.62. The van der Waals surface area contributed by atoms with Crippen LogP contribution in [0.25, 0.3) is 19.4 Å². The molecule has 0 atom stereocenters. The summed E-state index contributed by atoms with van der Waals surface area (Å²) in [5, 5.41) is 0. The van der Waals surface area contributed by atoms with Crippen LogP contribution in [0.5, 0.6) is 0 Å². The van der Waals surface area contributed by atoms with Crippen LogP contribution in [0.3, 0.4) is 0 Å². The normalized spacial score (nSPS) is 10.6. The van der Waals surface area contributed by atoms with Crippen molar-refractivity contribution in [1.29, 1.82) is 0 Å². The van der Waals surface area contributed by atoms with E-state index in [0.717, 1.165) is 0 Å². The van der Waals surface area contributed by atoms with E-state index in [1.807, 2.05) is 55.4 Å². The Morgan fingerprint density at radius 2 is 0.579 bits per heavy atom. The molecule has 0 saturated heterocycles. The molecule has 0 bridgehead atoms. The van der Waals surface area contributed by atoms with E-state index in [0.29, 0.717) is 26.2 Å². The zero-order valence-corrected chi connectivity index (χ0v) is 25.6. The Morgan fingerprint density at radius 1 is 0.474 bits per heavy atom. The summed E-state index contributed by atoms with van der Waals surface area (Å²) in [6, 6.07) is 0. The average Bonchev–Trinajstić information content (AvgIpc) is 2.74. The maximum Gasteiger partial charge on any atom is 1.00 e. The Balaban J connectivity index is -0.0000000844. The van der Waals surface area contributed by atoms with E-state index in [4.69, 9.17) is 45.2 Å². The maximum absolute atomic E-state index is 9.75. The number of methoxy groups -OCH3 is 4. The predicted octanol–water partition coefficient (Wildman–Crippen LogP) is 6.62. The van der Waals surface area contributed by atoms with Crippen LogP contribution in [0.4, 0.5) is 17.3 Å². The molecular formula is C24H44BCuF4N4O4. The molecule has 0 aromatic heterocycles. The molecular weight excluding hydrogens is 559 g/mol. The van der Waals surface area contributed by atoms with E-state index in [1.165, 1.54) is 0 Å². The fourth-order valence-corrected chi connectivity index (χ4v) is 1.02. The van der Waals surface area contributed by atoms with Gasteiger partial charge in [0.25, 0.3) is 0 Å². The molecule has 14 heteroatoms. The van der Waals surface area contributed by atoms with E-state index in [1.54, 1.807) is 28.4 Å². The minimum atomic E-state index is -6.00. The van der Waals surface area contributed by atoms with Gasteiger partial charge in [-0.05, 0) is 55.4 Å². The van der Waals surface area contributed by atoms with Crippen molar-refractivity contribution >= 4 is 7.25 Å². The van der Waals surface area contributed by atoms with Crippen LogP contribution in [-0.2, 0) is 36.0 Å². The van der Waals surface area contributed by atoms with Crippen LogP contribution in [0.2, 0.25) is 0 Å². The number of nitrogens with zero attached hydrogens (tertiary/aromatic N) is 4. The summed E-state index contributed by atoms with van der Waals surface area (Å²) in [7, 11) is 0.465. The van der Waals surface area contributed by atoms with Crippen molar-refractivity contribution in [3.8, 4) is 0 Å². The van der Waals surface area contributed by atoms with Gasteiger partial charge in [-0.15, -0.1) is 0 Å². The first-order valence-corrected chi connectivity index (χ1v) is 10.9. The molecule has 0 saturated carbocycles. The van der Waals surface area contributed by atoms with Gasteiger partial charge in [-0.1, -0.05) is 0 Å². The summed E-state index contributed by atoms with van der Waals surface area (Å²) in [6.45, 7) is 42.9. The van der Waals surface area contributed by atoms with Crippen molar-refractivity contribution in [3.05, 3.63) is 45.7 Å². The van der Waals surface area contributed by atoms with Crippen LogP contribution in [-0.4, -0.2) is 84.3 Å². The topological polar surface area (TPSA) is 54.4 Å². The van der Waals surface area contributed by atoms with E-state index in [-0.39, 0.29) is 39.5 Å². The molecule has 0 radical (unpaired) electrons. The van der Waals surface area contributed by atoms with Gasteiger partial charge in [0.05, 0.1) is 0 Å². The Morgan fingerprint density at radius 3 is 0.605 bits per heavy atom. The van der Waals surface area contributed by atoms with Crippen LogP contribution >= 0.6 is 0 Å². The van der Waals surface area contributed by atoms with Gasteiger partial charge in [0.1, 0.15) is 22.4 Å². The van der Waals surface area contributed by atoms with Crippen molar-refractivity contribution in [2.75, 3.05) is 54.6 Å². The van der Waals surface area contributed by atoms with Gasteiger partial charge in [-0.25, -0.2) is 26.3 Å². The monoisotopic (exact) mass is 602 g/mol. The summed E-state index contributed by atoms with van der Waals surface area (Å²) in [5.41, 5.74) is -1.05. The summed E-state index contributed by atoms with van der Waals surface area (Å²) < 4.78 is 58.9. The quantitative estimate of drug-likeness (QED) is 0.178. The van der Waals surface area contributed by atoms with Gasteiger partial charge >= 0.3 is 24.3 Å². The summed E-state index contributed by atoms with van der Waals surface area (Å²) in [4.78, 5) is 12.8. The minimum absolute atomic E-state index is 0. The van der Waals surface area contributed by atoms with Gasteiger partial charge in [-0.2, -0.15) is 0 Å². The Hall–Kier alpha value is -1.90. The van der Waals surface area contributed by atoms with Crippen molar-refractivity contribution < 1.29 is 53.3 Å². The molecule has 226 valence electrons. The molecule has 0 unspecified atom stereocenters. The van der Waals surface area contributed by atoms with E-state index < -0.39 is 7.25 Å². The number of ether oxygens (including phenoxy) is 4. The molecule has 0 spiro atoms. The van der Waals surface area contributed by atoms with Crippen LogP contribution in [0, 0.1) is 26.3 Å². The van der Waals surface area contributed by atoms with Crippen LogP contribution in [0.15, 0.2) is 0 Å². The summed E-state index contributed by atoms with van der Waals surface area (Å²) >= 11 is 0. The number of halogens is 4. The first kappa shape index (κ1) is 49.1. The third-order valence-electron chi connectivity index (χ3n) is 4.05. The predicted molar refractivity (Wildman–Crippen MR) is 140 cm³/mol. The molecule has 0 aliphatic heterocycles. The maximum atomic E-state index is 9.75. The van der Waals surface area contributed by atoms with Crippen molar-refractivity contribution in [2.24, 2.45) is 0 Å². The van der Waals surface area contributed by atoms with Gasteiger partial charge in [-0.3, -0.25) is 0 Å². The smallest absolute Gasteiger partial charge is 0.418 e. The van der Waals surface area contributed by atoms with Crippen molar-refractivity contribution in [1.82, 2.24) is 0 Å². The molecule has 0 aliphatic rings. The minimum Gasteiger partial charge on any atom is -0.418 e. The molecule has 0 heterocycles. The van der Waals surface area contributed by atoms with E-state index >= 15 is 0 Å².